The van der Waals surface area contributed by atoms with Crippen LogP contribution in [0.15, 0.2) is 23.8 Å². The largest absolute Gasteiger partial charge is 0.472 e. The van der Waals surface area contributed by atoms with Crippen molar-refractivity contribution in [1.29, 1.82) is 0 Å². The molecule has 0 spiro atoms. The molecule has 7 rings (SSSR count). The zero-order valence-corrected chi connectivity index (χ0v) is 27.4. The van der Waals surface area contributed by atoms with Gasteiger partial charge in [0.2, 0.25) is 24.0 Å². The number of rotatable bonds is 10. The number of anilines is 2. The van der Waals surface area contributed by atoms with Crippen LogP contribution in [-0.4, -0.2) is 103 Å². The van der Waals surface area contributed by atoms with Crippen LogP contribution in [0.3, 0.4) is 0 Å². The molecular formula is C21H25N10O10P2S3+. The van der Waals surface area contributed by atoms with E-state index >= 15 is 0 Å². The molecule has 25 heteroatoms. The van der Waals surface area contributed by atoms with Crippen LogP contribution in [0.1, 0.15) is 18.0 Å². The Morgan fingerprint density at radius 3 is 2.76 bits per heavy atom. The molecule has 10 atom stereocenters. The summed E-state index contributed by atoms with van der Waals surface area (Å²) in [5.74, 6) is -0.0253. The van der Waals surface area contributed by atoms with Crippen molar-refractivity contribution in [3.63, 3.8) is 0 Å². The van der Waals surface area contributed by atoms with Crippen molar-refractivity contribution in [3.05, 3.63) is 29.3 Å². The van der Waals surface area contributed by atoms with Gasteiger partial charge in [0.25, 0.3) is 5.56 Å². The monoisotopic (exact) mass is 735 g/mol. The third kappa shape index (κ3) is 5.51. The number of aromatic nitrogens is 8. The zero-order valence-electron chi connectivity index (χ0n) is 23.0. The second-order valence-corrected chi connectivity index (χ2v) is 16.9. The Kier molecular flexibility index (Phi) is 8.36. The van der Waals surface area contributed by atoms with Crippen molar-refractivity contribution in [2.75, 3.05) is 24.7 Å². The van der Waals surface area contributed by atoms with Gasteiger partial charge in [-0.1, -0.05) is 0 Å². The van der Waals surface area contributed by atoms with Gasteiger partial charge in [-0.25, -0.2) is 24.5 Å². The van der Waals surface area contributed by atoms with Crippen LogP contribution < -0.4 is 17.0 Å². The van der Waals surface area contributed by atoms with E-state index in [9.17, 15) is 24.5 Å². The lowest BCUT2D eigenvalue weighted by atomic mass is 10.0. The van der Waals surface area contributed by atoms with Crippen molar-refractivity contribution in [1.82, 2.24) is 39.0 Å². The Morgan fingerprint density at radius 1 is 1.24 bits per heavy atom. The number of aliphatic hydroxyl groups is 2. The number of nitrogens with zero attached hydrogens (tertiary/aromatic N) is 7. The number of thiol groups is 1. The van der Waals surface area contributed by atoms with Crippen LogP contribution in [0.25, 0.3) is 22.3 Å². The van der Waals surface area contributed by atoms with Gasteiger partial charge < -0.3 is 36.0 Å². The summed E-state index contributed by atoms with van der Waals surface area (Å²) in [5.41, 5.74) is 10.3. The van der Waals surface area contributed by atoms with Crippen LogP contribution in [0.5, 0.6) is 0 Å². The average molecular weight is 736 g/mol. The molecule has 0 aromatic carbocycles. The molecule has 7 heterocycles. The highest BCUT2D eigenvalue weighted by Crippen LogP contribution is 2.57. The van der Waals surface area contributed by atoms with Crippen LogP contribution >= 0.6 is 38.0 Å². The van der Waals surface area contributed by atoms with E-state index in [0.717, 1.165) is 11.8 Å². The molecule has 246 valence electrons. The molecule has 0 saturated carbocycles. The second-order valence-electron chi connectivity index (χ2n) is 10.5. The topological polar surface area (TPSA) is 283 Å². The first-order chi connectivity index (χ1) is 21.9. The number of thioether (sulfide) groups is 1. The van der Waals surface area contributed by atoms with Crippen molar-refractivity contribution < 1.29 is 42.7 Å². The van der Waals surface area contributed by atoms with Gasteiger partial charge in [-0.2, -0.15) is 4.98 Å². The minimum atomic E-state index is -5.00. The number of aromatic amines is 1. The molecule has 4 aromatic heterocycles. The number of H-pyrrole nitrogens is 1. The van der Waals surface area contributed by atoms with Gasteiger partial charge in [0, 0.05) is 6.42 Å². The van der Waals surface area contributed by atoms with Crippen LogP contribution in [0, 0.1) is 0 Å². The molecule has 3 fully saturated rings. The Labute approximate surface area is 272 Å². The molecular weight excluding hydrogens is 710 g/mol. The van der Waals surface area contributed by atoms with Crippen LogP contribution in [0.2, 0.25) is 0 Å². The molecule has 0 radical (unpaired) electrons. The van der Waals surface area contributed by atoms with E-state index in [-0.39, 0.29) is 29.4 Å². The second kappa shape index (κ2) is 11.9. The van der Waals surface area contributed by atoms with Gasteiger partial charge in [-0.15, -0.1) is 16.3 Å². The van der Waals surface area contributed by atoms with E-state index in [1.54, 1.807) is 4.57 Å². The summed E-state index contributed by atoms with van der Waals surface area (Å²) in [4.78, 5) is 46.2. The van der Waals surface area contributed by atoms with Gasteiger partial charge in [0.15, 0.2) is 34.5 Å². The summed E-state index contributed by atoms with van der Waals surface area (Å²) >= 11 is 10.3. The van der Waals surface area contributed by atoms with Crippen molar-refractivity contribution in [2.24, 2.45) is 0 Å². The lowest BCUT2D eigenvalue weighted by Gasteiger charge is -2.35. The Morgan fingerprint density at radius 2 is 2.00 bits per heavy atom. The first kappa shape index (κ1) is 32.2. The summed E-state index contributed by atoms with van der Waals surface area (Å²) in [5, 5.41) is 19.0. The number of hydrogen-bond acceptors (Lipinski definition) is 18. The highest BCUT2D eigenvalue weighted by molar-refractivity contribution is 8.54. The van der Waals surface area contributed by atoms with E-state index < -0.39 is 79.8 Å². The molecule has 0 amide bonds. The number of phosphoric ester groups is 1. The van der Waals surface area contributed by atoms with E-state index in [4.69, 9.17) is 46.3 Å². The molecule has 8 N–H and O–H groups in total. The lowest BCUT2D eigenvalue weighted by Crippen LogP contribution is -2.47. The van der Waals surface area contributed by atoms with Gasteiger partial charge in [0.1, 0.15) is 41.7 Å². The molecule has 20 nitrogen and oxygen atoms in total. The fraction of sp³-hybridized carbons (Fsp3) is 0.524. The Hall–Kier alpha value is -2.37. The summed E-state index contributed by atoms with van der Waals surface area (Å²) in [7, 11) is -5.00. The quantitative estimate of drug-likeness (QED) is 0.0812. The Balaban J connectivity index is 1.14. The predicted molar refractivity (Wildman–Crippen MR) is 167 cm³/mol. The summed E-state index contributed by atoms with van der Waals surface area (Å²) in [6.45, 7) is -1.06. The van der Waals surface area contributed by atoms with E-state index in [1.807, 2.05) is 0 Å². The molecule has 3 aliphatic rings. The number of ether oxygens (including phenoxy) is 2. The zero-order chi connectivity index (χ0) is 32.5. The lowest BCUT2D eigenvalue weighted by molar-refractivity contribution is -0.267. The highest BCUT2D eigenvalue weighted by atomic mass is 32.9. The first-order valence-electron chi connectivity index (χ1n) is 13.3. The third-order valence-corrected chi connectivity index (χ3v) is 11.2. The molecule has 0 aliphatic carbocycles. The SMILES string of the molecule is Nc1nc2c(ncn2C2S[C@H](CO)[C@@H](O)[C@H]2OP(=O)(O)OC[C@@]23C[C@@H](OC2O[P+](=S)S)[C@H](n2cnc4c(N)ncnc42)O3)c(=O)[nH]1. The average Bonchev–Trinajstić information content (AvgIpc) is 3.80. The maximum absolute atomic E-state index is 13.5. The molecule has 3 aliphatic heterocycles. The van der Waals surface area contributed by atoms with E-state index in [1.165, 1.54) is 23.5 Å². The van der Waals surface area contributed by atoms with Crippen molar-refractivity contribution in [3.8, 4) is 0 Å². The molecule has 2 bridgehead atoms. The number of hydrogen-bond donors (Lipinski definition) is 7. The minimum Gasteiger partial charge on any atom is -0.395 e. The number of nitrogens with two attached hydrogens (primary N) is 2. The van der Waals surface area contributed by atoms with Crippen molar-refractivity contribution >= 4 is 83.9 Å². The number of phosphoric acid groups is 1. The number of nitrogens with one attached hydrogen (secondary N) is 1. The number of aliphatic hydroxyl groups excluding tert-OH is 2. The fourth-order valence-electron chi connectivity index (χ4n) is 5.72. The molecule has 4 aromatic rings. The van der Waals surface area contributed by atoms with Crippen LogP contribution in [0.4, 0.5) is 11.8 Å². The predicted octanol–water partition coefficient (Wildman–Crippen LogP) is -0.304. The normalized spacial score (nSPS) is 32.4. The fourth-order valence-corrected chi connectivity index (χ4v) is 9.11. The Bertz CT molecular complexity index is 1950. The smallest absolute Gasteiger partial charge is 0.395 e. The first-order valence-corrected chi connectivity index (χ1v) is 19.2. The van der Waals surface area contributed by atoms with Gasteiger partial charge in [-0.05, 0) is 0 Å². The highest BCUT2D eigenvalue weighted by Gasteiger charge is 2.64. The van der Waals surface area contributed by atoms with E-state index in [2.05, 4.69) is 42.2 Å². The third-order valence-electron chi connectivity index (χ3n) is 7.74. The number of fused-ring (bicyclic) bond motifs is 4. The maximum Gasteiger partial charge on any atom is 0.472 e. The number of nitrogen functional groups attached to an aromatic ring is 2. The van der Waals surface area contributed by atoms with Gasteiger partial charge >= 0.3 is 13.9 Å². The van der Waals surface area contributed by atoms with Crippen LogP contribution in [-0.2, 0) is 39.4 Å². The molecule has 46 heavy (non-hydrogen) atoms. The summed E-state index contributed by atoms with van der Waals surface area (Å²) in [6.07, 6.45) is -2.98. The van der Waals surface area contributed by atoms with E-state index in [0.29, 0.717) is 11.2 Å². The summed E-state index contributed by atoms with van der Waals surface area (Å²) in [6, 6.07) is 0. The molecule has 3 saturated heterocycles. The molecule has 4 unspecified atom stereocenters. The number of imidazole rings is 2. The van der Waals surface area contributed by atoms with Gasteiger partial charge in [-0.3, -0.25) is 28.0 Å². The summed E-state index contributed by atoms with van der Waals surface area (Å²) < 4.78 is 45.6. The van der Waals surface area contributed by atoms with Gasteiger partial charge in [0.05, 0.1) is 37.2 Å². The van der Waals surface area contributed by atoms with Crippen molar-refractivity contribution in [2.45, 2.75) is 53.5 Å². The standard InChI is InChI=1S/C21H24N10O10P2S3/c22-13-9-14(25-4-24-13)30(5-26-9)17-7-1-21(39-17,19(38-7)40-42(44)45)3-37-43(35,36)41-12-11(33)8(2-32)46-18(12)31-6-27-10-15(31)28-20(23)29-16(10)34/h4-8,11-12,17-19,32-33H,1-3H2,(H6-,22,23,24,25,28,29,34,35,36,44,45)/p+1/t7-,8-,11-,12-,17-,18?,19?,21+/m1/s1. The minimum absolute atomic E-state index is 0.0384. The maximum atomic E-state index is 13.5.